The molecule has 3 aromatic carbocycles. The standard InChI is InChI=1S/C27H28FNO/c1-20-22(9-5-11-26(20)23-7-3-2-4-8-23)14-15-24-13-12-21(17-27(24)28)18-29-16-6-10-25(30)19-29/h2-5,7-9,11-15,17,25,30H,6,10,16,18-19H2,1H3/b15-14+. The van der Waals surface area contributed by atoms with E-state index in [1.165, 1.54) is 16.7 Å². The summed E-state index contributed by atoms with van der Waals surface area (Å²) in [4.78, 5) is 2.19. The molecule has 154 valence electrons. The Hall–Kier alpha value is -2.75. The van der Waals surface area contributed by atoms with Crippen molar-refractivity contribution >= 4 is 12.2 Å². The van der Waals surface area contributed by atoms with Gasteiger partial charge in [-0.3, -0.25) is 4.90 Å². The Morgan fingerprint density at radius 3 is 2.57 bits per heavy atom. The molecule has 3 heteroatoms. The van der Waals surface area contributed by atoms with Crippen molar-refractivity contribution in [3.8, 4) is 11.1 Å². The summed E-state index contributed by atoms with van der Waals surface area (Å²) in [6.45, 7) is 4.41. The van der Waals surface area contributed by atoms with Gasteiger partial charge in [0.15, 0.2) is 0 Å². The highest BCUT2D eigenvalue weighted by Gasteiger charge is 2.17. The highest BCUT2D eigenvalue weighted by atomic mass is 19.1. The second-order valence-corrected chi connectivity index (χ2v) is 8.11. The summed E-state index contributed by atoms with van der Waals surface area (Å²) < 4.78 is 14.7. The molecule has 0 aromatic heterocycles. The minimum absolute atomic E-state index is 0.210. The van der Waals surface area contributed by atoms with Crippen LogP contribution in [0.3, 0.4) is 0 Å². The van der Waals surface area contributed by atoms with Crippen molar-refractivity contribution in [2.24, 2.45) is 0 Å². The van der Waals surface area contributed by atoms with Crippen LogP contribution in [0.15, 0.2) is 66.7 Å². The Bertz CT molecular complexity index is 1030. The Morgan fingerprint density at radius 2 is 1.80 bits per heavy atom. The van der Waals surface area contributed by atoms with Crippen molar-refractivity contribution < 1.29 is 9.50 Å². The lowest BCUT2D eigenvalue weighted by Gasteiger charge is -2.30. The maximum atomic E-state index is 14.7. The summed E-state index contributed by atoms with van der Waals surface area (Å²) in [6, 6.07) is 22.0. The summed E-state index contributed by atoms with van der Waals surface area (Å²) in [5, 5.41) is 9.82. The van der Waals surface area contributed by atoms with Crippen LogP contribution in [-0.4, -0.2) is 29.2 Å². The molecule has 4 rings (SSSR count). The molecule has 30 heavy (non-hydrogen) atoms. The lowest BCUT2D eigenvalue weighted by molar-refractivity contribution is 0.0668. The van der Waals surface area contributed by atoms with Crippen LogP contribution in [0.5, 0.6) is 0 Å². The topological polar surface area (TPSA) is 23.5 Å². The number of nitrogens with zero attached hydrogens (tertiary/aromatic N) is 1. The van der Waals surface area contributed by atoms with Crippen LogP contribution in [0.2, 0.25) is 0 Å². The van der Waals surface area contributed by atoms with E-state index >= 15 is 0 Å². The van der Waals surface area contributed by atoms with Gasteiger partial charge in [0.05, 0.1) is 6.10 Å². The molecule has 1 fully saturated rings. The predicted octanol–water partition coefficient (Wildman–Crippen LogP) is 5.93. The smallest absolute Gasteiger partial charge is 0.130 e. The molecular weight excluding hydrogens is 373 g/mol. The van der Waals surface area contributed by atoms with E-state index in [0.717, 1.165) is 30.5 Å². The number of aliphatic hydroxyl groups is 1. The number of hydrogen-bond acceptors (Lipinski definition) is 2. The summed E-state index contributed by atoms with van der Waals surface area (Å²) in [5.41, 5.74) is 6.17. The highest BCUT2D eigenvalue weighted by molar-refractivity contribution is 5.77. The average molecular weight is 402 g/mol. The third kappa shape index (κ3) is 4.86. The van der Waals surface area contributed by atoms with Crippen LogP contribution >= 0.6 is 0 Å². The fraction of sp³-hybridized carbons (Fsp3) is 0.259. The van der Waals surface area contributed by atoms with E-state index in [1.807, 2.05) is 48.6 Å². The maximum Gasteiger partial charge on any atom is 0.130 e. The molecule has 1 aliphatic rings. The van der Waals surface area contributed by atoms with E-state index < -0.39 is 0 Å². The fourth-order valence-corrected chi connectivity index (χ4v) is 4.18. The lowest BCUT2D eigenvalue weighted by Crippen LogP contribution is -2.37. The molecule has 1 aliphatic heterocycles. The van der Waals surface area contributed by atoms with Gasteiger partial charge in [-0.05, 0) is 60.2 Å². The van der Waals surface area contributed by atoms with Gasteiger partial charge in [0.25, 0.3) is 0 Å². The largest absolute Gasteiger partial charge is 0.392 e. The third-order valence-electron chi connectivity index (χ3n) is 5.85. The molecule has 2 nitrogen and oxygen atoms in total. The van der Waals surface area contributed by atoms with Crippen molar-refractivity contribution in [2.75, 3.05) is 13.1 Å². The molecule has 3 aromatic rings. The van der Waals surface area contributed by atoms with Gasteiger partial charge in [-0.1, -0.05) is 72.8 Å². The van der Waals surface area contributed by atoms with E-state index in [4.69, 9.17) is 0 Å². The van der Waals surface area contributed by atoms with Crippen molar-refractivity contribution in [3.05, 3.63) is 94.8 Å². The summed E-state index contributed by atoms with van der Waals surface area (Å²) in [6.07, 6.45) is 5.42. The Kier molecular flexibility index (Phi) is 6.41. The number of piperidine rings is 1. The van der Waals surface area contributed by atoms with Crippen LogP contribution in [0.1, 0.15) is 35.1 Å². The molecule has 0 aliphatic carbocycles. The summed E-state index contributed by atoms with van der Waals surface area (Å²) in [7, 11) is 0. The normalized spacial score (nSPS) is 17.5. The minimum Gasteiger partial charge on any atom is -0.392 e. The van der Waals surface area contributed by atoms with Gasteiger partial charge in [-0.25, -0.2) is 4.39 Å². The van der Waals surface area contributed by atoms with Gasteiger partial charge < -0.3 is 5.11 Å². The highest BCUT2D eigenvalue weighted by Crippen LogP contribution is 2.27. The molecule has 1 atom stereocenters. The molecule has 1 heterocycles. The van der Waals surface area contributed by atoms with Crippen LogP contribution in [-0.2, 0) is 6.54 Å². The molecule has 1 unspecified atom stereocenters. The third-order valence-corrected chi connectivity index (χ3v) is 5.85. The number of rotatable bonds is 5. The quantitative estimate of drug-likeness (QED) is 0.536. The molecule has 0 radical (unpaired) electrons. The summed E-state index contributed by atoms with van der Waals surface area (Å²) >= 11 is 0. The zero-order chi connectivity index (χ0) is 20.9. The van der Waals surface area contributed by atoms with Gasteiger partial charge in [-0.2, -0.15) is 0 Å². The first-order valence-corrected chi connectivity index (χ1v) is 10.6. The van der Waals surface area contributed by atoms with Gasteiger partial charge >= 0.3 is 0 Å². The zero-order valence-electron chi connectivity index (χ0n) is 17.4. The minimum atomic E-state index is -0.263. The Balaban J connectivity index is 1.50. The first-order valence-electron chi connectivity index (χ1n) is 10.6. The number of β-amino-alcohol motifs (C(OH)–C–C–N with tert-alkyl or cyclic N) is 1. The molecule has 0 bridgehead atoms. The number of aliphatic hydroxyl groups excluding tert-OH is 1. The van der Waals surface area contributed by atoms with Crippen molar-refractivity contribution in [1.82, 2.24) is 4.90 Å². The number of likely N-dealkylation sites (tertiary alicyclic amines) is 1. The summed E-state index contributed by atoms with van der Waals surface area (Å²) in [5.74, 6) is -0.210. The van der Waals surface area contributed by atoms with Crippen LogP contribution in [0, 0.1) is 12.7 Å². The molecule has 0 saturated carbocycles. The van der Waals surface area contributed by atoms with E-state index in [9.17, 15) is 9.50 Å². The van der Waals surface area contributed by atoms with Gasteiger partial charge in [0.2, 0.25) is 0 Å². The van der Waals surface area contributed by atoms with Gasteiger partial charge in [0.1, 0.15) is 5.82 Å². The van der Waals surface area contributed by atoms with E-state index in [-0.39, 0.29) is 11.9 Å². The Morgan fingerprint density at radius 1 is 1.00 bits per heavy atom. The first-order chi connectivity index (χ1) is 14.6. The first kappa shape index (κ1) is 20.5. The van der Waals surface area contributed by atoms with Crippen LogP contribution in [0.25, 0.3) is 23.3 Å². The Labute approximate surface area is 178 Å². The van der Waals surface area contributed by atoms with Crippen LogP contribution in [0.4, 0.5) is 4.39 Å². The van der Waals surface area contributed by atoms with Crippen LogP contribution < -0.4 is 0 Å². The second kappa shape index (κ2) is 9.38. The van der Waals surface area contributed by atoms with E-state index in [1.54, 1.807) is 6.07 Å². The molecule has 1 saturated heterocycles. The second-order valence-electron chi connectivity index (χ2n) is 8.11. The number of halogens is 1. The maximum absolute atomic E-state index is 14.7. The number of benzene rings is 3. The SMILES string of the molecule is Cc1c(/C=C/c2ccc(CN3CCCC(O)C3)cc2F)cccc1-c1ccccc1. The molecular formula is C27H28FNO. The monoisotopic (exact) mass is 401 g/mol. The van der Waals surface area contributed by atoms with Gasteiger partial charge in [0, 0.05) is 18.7 Å². The van der Waals surface area contributed by atoms with Gasteiger partial charge in [-0.15, -0.1) is 0 Å². The molecule has 0 amide bonds. The zero-order valence-corrected chi connectivity index (χ0v) is 17.4. The van der Waals surface area contributed by atoms with E-state index in [0.29, 0.717) is 18.7 Å². The molecule has 1 N–H and O–H groups in total. The lowest BCUT2D eigenvalue weighted by atomic mass is 9.96. The van der Waals surface area contributed by atoms with E-state index in [2.05, 4.69) is 36.1 Å². The average Bonchev–Trinajstić information content (AvgIpc) is 2.75. The van der Waals surface area contributed by atoms with Crippen molar-refractivity contribution in [2.45, 2.75) is 32.4 Å². The predicted molar refractivity (Wildman–Crippen MR) is 122 cm³/mol. The number of hydrogen-bond donors (Lipinski definition) is 1. The van der Waals surface area contributed by atoms with Crippen molar-refractivity contribution in [3.63, 3.8) is 0 Å². The molecule has 0 spiro atoms. The fourth-order valence-electron chi connectivity index (χ4n) is 4.18. The van der Waals surface area contributed by atoms with Crippen molar-refractivity contribution in [1.29, 1.82) is 0 Å².